The van der Waals surface area contributed by atoms with Crippen molar-refractivity contribution in [1.29, 1.82) is 0 Å². The molecule has 2 aromatic rings. The number of anilines is 1. The first-order valence-electron chi connectivity index (χ1n) is 7.30. The molecule has 0 bridgehead atoms. The Kier molecular flexibility index (Phi) is 4.41. The zero-order valence-corrected chi connectivity index (χ0v) is 12.7. The number of carbonyl (C=O) groups excluding carboxylic acids is 1. The third kappa shape index (κ3) is 3.54. The highest BCUT2D eigenvalue weighted by Crippen LogP contribution is 2.27. The summed E-state index contributed by atoms with van der Waals surface area (Å²) in [5.41, 5.74) is 6.45. The highest BCUT2D eigenvalue weighted by atomic mass is 32.1. The third-order valence-corrected chi connectivity index (χ3v) is 4.77. The van der Waals surface area contributed by atoms with E-state index >= 15 is 0 Å². The molecule has 0 saturated carbocycles. The number of nitrogen functional groups attached to an aromatic ring is 1. The maximum Gasteiger partial charge on any atom is 0.348 e. The number of esters is 1. The number of nitrogens with two attached hydrogens (primary N) is 1. The van der Waals surface area contributed by atoms with E-state index in [1.165, 1.54) is 11.3 Å². The first-order chi connectivity index (χ1) is 10.2. The molecule has 112 valence electrons. The highest BCUT2D eigenvalue weighted by molar-refractivity contribution is 7.20. The average molecular weight is 305 g/mol. The summed E-state index contributed by atoms with van der Waals surface area (Å²) in [5.74, 6) is -0.248. The summed E-state index contributed by atoms with van der Waals surface area (Å²) in [6.45, 7) is 1.32. The minimum absolute atomic E-state index is 0.248. The fourth-order valence-electron chi connectivity index (χ4n) is 2.58. The van der Waals surface area contributed by atoms with Crippen LogP contribution in [0, 0.1) is 0 Å². The molecular formula is C16H19NO3S. The molecule has 1 saturated heterocycles. The molecule has 1 fully saturated rings. The number of hydrogen-bond donors (Lipinski definition) is 1. The lowest BCUT2D eigenvalue weighted by Gasteiger charge is -2.08. The Morgan fingerprint density at radius 3 is 3.14 bits per heavy atom. The van der Waals surface area contributed by atoms with Gasteiger partial charge < -0.3 is 15.2 Å². The van der Waals surface area contributed by atoms with E-state index in [0.29, 0.717) is 23.3 Å². The molecular weight excluding hydrogens is 286 g/mol. The van der Waals surface area contributed by atoms with Crippen LogP contribution >= 0.6 is 11.3 Å². The van der Waals surface area contributed by atoms with Crippen molar-refractivity contribution in [3.05, 3.63) is 29.1 Å². The van der Waals surface area contributed by atoms with E-state index in [9.17, 15) is 4.79 Å². The fourth-order valence-corrected chi connectivity index (χ4v) is 3.52. The quantitative estimate of drug-likeness (QED) is 0.521. The van der Waals surface area contributed by atoms with Gasteiger partial charge in [0.2, 0.25) is 0 Å². The summed E-state index contributed by atoms with van der Waals surface area (Å²) in [6, 6.07) is 7.50. The smallest absolute Gasteiger partial charge is 0.348 e. The number of benzene rings is 1. The zero-order valence-electron chi connectivity index (χ0n) is 11.8. The fraction of sp³-hybridized carbons (Fsp3) is 0.438. The van der Waals surface area contributed by atoms with Gasteiger partial charge in [0.05, 0.1) is 12.7 Å². The first-order valence-corrected chi connectivity index (χ1v) is 8.12. The predicted molar refractivity (Wildman–Crippen MR) is 84.7 cm³/mol. The van der Waals surface area contributed by atoms with Crippen molar-refractivity contribution < 1.29 is 14.3 Å². The summed E-state index contributed by atoms with van der Waals surface area (Å²) in [5, 5.41) is 0.992. The minimum atomic E-state index is -0.248. The Morgan fingerprint density at radius 2 is 2.33 bits per heavy atom. The van der Waals surface area contributed by atoms with Crippen LogP contribution < -0.4 is 5.73 Å². The molecule has 0 amide bonds. The maximum atomic E-state index is 12.0. The van der Waals surface area contributed by atoms with Crippen LogP contribution in [0.2, 0.25) is 0 Å². The van der Waals surface area contributed by atoms with E-state index in [1.807, 2.05) is 24.3 Å². The van der Waals surface area contributed by atoms with Gasteiger partial charge in [0.15, 0.2) is 0 Å². The minimum Gasteiger partial charge on any atom is -0.462 e. The molecule has 2 N–H and O–H groups in total. The Bertz CT molecular complexity index is 631. The molecule has 0 spiro atoms. The molecule has 21 heavy (non-hydrogen) atoms. The zero-order chi connectivity index (χ0) is 14.7. The molecule has 0 aliphatic carbocycles. The molecule has 1 unspecified atom stereocenters. The third-order valence-electron chi connectivity index (χ3n) is 3.67. The van der Waals surface area contributed by atoms with Gasteiger partial charge in [-0.3, -0.25) is 0 Å². The van der Waals surface area contributed by atoms with Gasteiger partial charge in [-0.15, -0.1) is 11.3 Å². The summed E-state index contributed by atoms with van der Waals surface area (Å²) >= 11 is 1.44. The van der Waals surface area contributed by atoms with E-state index in [1.54, 1.807) is 0 Å². The maximum absolute atomic E-state index is 12.0. The number of rotatable bonds is 5. The lowest BCUT2D eigenvalue weighted by molar-refractivity contribution is 0.0466. The van der Waals surface area contributed by atoms with E-state index in [0.717, 1.165) is 42.4 Å². The second kappa shape index (κ2) is 6.45. The Morgan fingerprint density at radius 1 is 1.43 bits per heavy atom. The van der Waals surface area contributed by atoms with Crippen molar-refractivity contribution in [2.45, 2.75) is 31.8 Å². The average Bonchev–Trinajstić information content (AvgIpc) is 3.11. The van der Waals surface area contributed by atoms with Crippen LogP contribution in [0.5, 0.6) is 0 Å². The molecule has 1 aromatic carbocycles. The summed E-state index contributed by atoms with van der Waals surface area (Å²) in [6.07, 6.45) is 4.46. The van der Waals surface area contributed by atoms with Crippen molar-refractivity contribution in [3.63, 3.8) is 0 Å². The summed E-state index contributed by atoms with van der Waals surface area (Å²) in [4.78, 5) is 12.7. The van der Waals surface area contributed by atoms with Crippen molar-refractivity contribution in [1.82, 2.24) is 0 Å². The molecule has 2 heterocycles. The molecule has 4 nitrogen and oxygen atoms in total. The van der Waals surface area contributed by atoms with Gasteiger partial charge in [-0.1, -0.05) is 0 Å². The van der Waals surface area contributed by atoms with Crippen LogP contribution in [0.3, 0.4) is 0 Å². The molecule has 0 radical (unpaired) electrons. The van der Waals surface area contributed by atoms with Gasteiger partial charge in [-0.2, -0.15) is 0 Å². The molecule has 3 rings (SSSR count). The molecule has 1 aromatic heterocycles. The standard InChI is InChI=1S/C16H19NO3S/c17-12-5-6-14-11(9-12)10-15(21-14)16(18)20-8-2-4-13-3-1-7-19-13/h5-6,9-10,13H,1-4,7-8,17H2. The van der Waals surface area contributed by atoms with Crippen LogP contribution in [0.1, 0.15) is 35.4 Å². The summed E-state index contributed by atoms with van der Waals surface area (Å²) < 4.78 is 11.9. The second-order valence-corrected chi connectivity index (χ2v) is 6.40. The van der Waals surface area contributed by atoms with Gasteiger partial charge in [0, 0.05) is 17.0 Å². The Hall–Kier alpha value is -1.59. The largest absolute Gasteiger partial charge is 0.462 e. The SMILES string of the molecule is Nc1ccc2sc(C(=O)OCCCC3CCCO3)cc2c1. The van der Waals surface area contributed by atoms with Gasteiger partial charge >= 0.3 is 5.97 Å². The van der Waals surface area contributed by atoms with Crippen LogP contribution in [0.4, 0.5) is 5.69 Å². The first kappa shape index (κ1) is 14.4. The van der Waals surface area contributed by atoms with Crippen LogP contribution in [0.25, 0.3) is 10.1 Å². The predicted octanol–water partition coefficient (Wildman–Crippen LogP) is 3.60. The summed E-state index contributed by atoms with van der Waals surface area (Å²) in [7, 11) is 0. The van der Waals surface area contributed by atoms with Gasteiger partial charge in [0.25, 0.3) is 0 Å². The van der Waals surface area contributed by atoms with Gasteiger partial charge in [-0.05, 0) is 55.3 Å². The van der Waals surface area contributed by atoms with Gasteiger partial charge in [0.1, 0.15) is 4.88 Å². The van der Waals surface area contributed by atoms with Crippen LogP contribution in [-0.4, -0.2) is 25.3 Å². The number of hydrogen-bond acceptors (Lipinski definition) is 5. The lowest BCUT2D eigenvalue weighted by Crippen LogP contribution is -2.09. The molecule has 1 aliphatic rings. The Balaban J connectivity index is 1.51. The van der Waals surface area contributed by atoms with Crippen LogP contribution in [-0.2, 0) is 9.47 Å². The highest BCUT2D eigenvalue weighted by Gasteiger charge is 2.16. The second-order valence-electron chi connectivity index (χ2n) is 5.32. The van der Waals surface area contributed by atoms with Crippen molar-refractivity contribution in [2.24, 2.45) is 0 Å². The van der Waals surface area contributed by atoms with E-state index in [-0.39, 0.29) is 5.97 Å². The number of carbonyl (C=O) groups is 1. The van der Waals surface area contributed by atoms with Crippen LogP contribution in [0.15, 0.2) is 24.3 Å². The monoisotopic (exact) mass is 305 g/mol. The van der Waals surface area contributed by atoms with Crippen molar-refractivity contribution >= 4 is 33.1 Å². The molecule has 5 heteroatoms. The molecule has 1 aliphatic heterocycles. The number of ether oxygens (including phenoxy) is 2. The van der Waals surface area contributed by atoms with E-state index in [4.69, 9.17) is 15.2 Å². The lowest BCUT2D eigenvalue weighted by atomic mass is 10.1. The van der Waals surface area contributed by atoms with E-state index in [2.05, 4.69) is 0 Å². The number of fused-ring (bicyclic) bond motifs is 1. The van der Waals surface area contributed by atoms with Crippen molar-refractivity contribution in [3.8, 4) is 0 Å². The normalized spacial score (nSPS) is 18.2. The van der Waals surface area contributed by atoms with Crippen molar-refractivity contribution in [2.75, 3.05) is 18.9 Å². The number of thiophene rings is 1. The van der Waals surface area contributed by atoms with Gasteiger partial charge in [-0.25, -0.2) is 4.79 Å². The van der Waals surface area contributed by atoms with E-state index < -0.39 is 0 Å². The molecule has 1 atom stereocenters. The Labute approximate surface area is 127 Å². The topological polar surface area (TPSA) is 61.6 Å².